The molecule has 0 heterocycles. The minimum absolute atomic E-state index is 0.00665. The summed E-state index contributed by atoms with van der Waals surface area (Å²) >= 11 is 0. The molecule has 0 aromatic rings. The molecule has 0 N–H and O–H groups in total. The first-order chi connectivity index (χ1) is 16.1. The molecule has 0 saturated heterocycles. The second-order valence-corrected chi connectivity index (χ2v) is 8.63. The number of quaternary nitrogens is 1. The lowest BCUT2D eigenvalue weighted by molar-refractivity contribution is -0.929. The van der Waals surface area contributed by atoms with E-state index < -0.39 is 65.1 Å². The zero-order valence-electron chi connectivity index (χ0n) is 19.5. The van der Waals surface area contributed by atoms with E-state index in [1.807, 2.05) is 0 Å². The molecule has 0 radical (unpaired) electrons. The molecule has 0 aliphatic heterocycles. The summed E-state index contributed by atoms with van der Waals surface area (Å²) in [5.41, 5.74) is 0. The second-order valence-electron chi connectivity index (χ2n) is 8.63. The van der Waals surface area contributed by atoms with Crippen LogP contribution in [0.25, 0.3) is 0 Å². The first kappa shape index (κ1) is 35.8. The van der Waals surface area contributed by atoms with Crippen molar-refractivity contribution in [3.63, 3.8) is 0 Å². The van der Waals surface area contributed by atoms with Crippen molar-refractivity contribution >= 4 is 0 Å². The Bertz CT molecular complexity index is 724. The van der Waals surface area contributed by atoms with Crippen molar-refractivity contribution in [3.05, 3.63) is 0 Å². The lowest BCUT2D eigenvalue weighted by Gasteiger charge is -2.44. The number of alkyl halides is 17. The summed E-state index contributed by atoms with van der Waals surface area (Å²) in [6.45, 7) is 3.50. The maximum absolute atomic E-state index is 14.3. The van der Waals surface area contributed by atoms with Gasteiger partial charge in [-0.25, -0.2) is 0 Å². The van der Waals surface area contributed by atoms with Crippen molar-refractivity contribution in [1.29, 1.82) is 0 Å². The van der Waals surface area contributed by atoms with Crippen LogP contribution < -0.4 is 0 Å². The first-order valence-electron chi connectivity index (χ1n) is 10.7. The molecule has 1 nitrogen and oxygen atoms in total. The van der Waals surface area contributed by atoms with E-state index in [1.54, 1.807) is 0 Å². The van der Waals surface area contributed by atoms with Gasteiger partial charge < -0.3 is 4.48 Å². The molecule has 0 aromatic heterocycles. The molecule has 0 amide bonds. The Balaban J connectivity index is 6.57. The minimum atomic E-state index is -8.59. The third kappa shape index (κ3) is 5.72. The first-order valence-corrected chi connectivity index (χ1v) is 10.7. The predicted octanol–water partition coefficient (Wildman–Crippen LogP) is 8.43. The van der Waals surface area contributed by atoms with Crippen molar-refractivity contribution in [1.82, 2.24) is 0 Å². The van der Waals surface area contributed by atoms with Gasteiger partial charge in [0, 0.05) is 0 Å². The van der Waals surface area contributed by atoms with E-state index >= 15 is 0 Å². The van der Waals surface area contributed by atoms with Crippen LogP contribution in [0, 0.1) is 0 Å². The fraction of sp³-hybridized carbons (Fsp3) is 1.00. The van der Waals surface area contributed by atoms with E-state index in [2.05, 4.69) is 0 Å². The highest BCUT2D eigenvalue weighted by Gasteiger charge is 2.95. The summed E-state index contributed by atoms with van der Waals surface area (Å²) in [5, 5.41) is 0. The predicted molar refractivity (Wildman–Crippen MR) is 95.9 cm³/mol. The normalized spacial score (nSPS) is 15.9. The molecule has 0 spiro atoms. The van der Waals surface area contributed by atoms with Gasteiger partial charge in [0.15, 0.2) is 0 Å². The number of halogens is 17. The van der Waals surface area contributed by atoms with Gasteiger partial charge in [0.25, 0.3) is 0 Å². The number of nitrogens with zero attached hydrogens (tertiary/aromatic N) is 1. The van der Waals surface area contributed by atoms with Gasteiger partial charge in [-0.2, -0.15) is 74.6 Å². The maximum atomic E-state index is 14.3. The molecule has 37 heavy (non-hydrogen) atoms. The van der Waals surface area contributed by atoms with Crippen LogP contribution in [0.5, 0.6) is 0 Å². The molecule has 0 aliphatic carbocycles. The zero-order valence-corrected chi connectivity index (χ0v) is 19.5. The largest absolute Gasteiger partial charge is 0.460 e. The molecule has 0 aliphatic rings. The van der Waals surface area contributed by atoms with E-state index in [0.717, 1.165) is 0 Å². The number of hydrogen-bond donors (Lipinski definition) is 0. The van der Waals surface area contributed by atoms with Gasteiger partial charge in [-0.15, -0.1) is 0 Å². The zero-order chi connectivity index (χ0) is 30.2. The van der Waals surface area contributed by atoms with E-state index in [0.29, 0.717) is 0 Å². The van der Waals surface area contributed by atoms with Crippen molar-refractivity contribution in [2.24, 2.45) is 0 Å². The van der Waals surface area contributed by atoms with Gasteiger partial charge in [0.2, 0.25) is 0 Å². The third-order valence-electron chi connectivity index (χ3n) is 5.78. The van der Waals surface area contributed by atoms with Gasteiger partial charge in [0.05, 0.1) is 32.6 Å². The Morgan fingerprint density at radius 2 is 0.649 bits per heavy atom. The molecule has 0 aromatic carbocycles. The van der Waals surface area contributed by atoms with Crippen LogP contribution in [0.3, 0.4) is 0 Å². The van der Waals surface area contributed by atoms with Crippen LogP contribution in [-0.2, 0) is 0 Å². The van der Waals surface area contributed by atoms with Crippen LogP contribution in [0.15, 0.2) is 0 Å². The van der Waals surface area contributed by atoms with Gasteiger partial charge in [-0.1, -0.05) is 20.8 Å². The summed E-state index contributed by atoms with van der Waals surface area (Å²) in [7, 11) is 0. The number of rotatable bonds is 15. The molecule has 0 saturated carbocycles. The van der Waals surface area contributed by atoms with Crippen LogP contribution in [0.1, 0.15) is 46.5 Å². The topological polar surface area (TPSA) is 0 Å². The molecule has 0 fully saturated rings. The van der Waals surface area contributed by atoms with Crippen molar-refractivity contribution < 1.29 is 79.1 Å². The fourth-order valence-corrected chi connectivity index (χ4v) is 3.82. The molecule has 224 valence electrons. The Morgan fingerprint density at radius 1 is 0.378 bits per heavy atom. The second kappa shape index (κ2) is 10.7. The Kier molecular flexibility index (Phi) is 10.4. The quantitative estimate of drug-likeness (QED) is 0.133. The minimum Gasteiger partial charge on any atom is -0.323 e. The molecular weight excluding hydrogens is 565 g/mol. The Labute approximate surface area is 200 Å². The summed E-state index contributed by atoms with van der Waals surface area (Å²) < 4.78 is 227. The SMILES string of the molecule is CCC[N+](CCC)(CCC)CCC(F)(F)C(F)(F)C(F)(F)C(F)(F)C(F)(F)C(F)(F)C(F)(F)C(F)(F)F. The van der Waals surface area contributed by atoms with Crippen molar-refractivity contribution in [2.75, 3.05) is 26.2 Å². The summed E-state index contributed by atoms with van der Waals surface area (Å²) in [5.74, 6) is -55.9. The van der Waals surface area contributed by atoms with E-state index in [-0.39, 0.29) is 38.9 Å². The highest BCUT2D eigenvalue weighted by molar-refractivity contribution is 5.15. The summed E-state index contributed by atoms with van der Waals surface area (Å²) in [4.78, 5) is 0. The summed E-state index contributed by atoms with van der Waals surface area (Å²) in [6.07, 6.45) is -9.40. The van der Waals surface area contributed by atoms with Gasteiger partial charge in [0.1, 0.15) is 0 Å². The van der Waals surface area contributed by atoms with Crippen LogP contribution in [0.4, 0.5) is 74.6 Å². The van der Waals surface area contributed by atoms with Gasteiger partial charge in [-0.05, 0) is 19.3 Å². The van der Waals surface area contributed by atoms with Crippen molar-refractivity contribution in [2.45, 2.75) is 94.1 Å². The molecular formula is C19H25F17N+. The van der Waals surface area contributed by atoms with Crippen molar-refractivity contribution in [3.8, 4) is 0 Å². The average molecular weight is 590 g/mol. The maximum Gasteiger partial charge on any atom is 0.460 e. The highest BCUT2D eigenvalue weighted by Crippen LogP contribution is 2.64. The Morgan fingerprint density at radius 3 is 0.919 bits per heavy atom. The Hall–Kier alpha value is -1.23. The van der Waals surface area contributed by atoms with Gasteiger partial charge in [-0.3, -0.25) is 0 Å². The van der Waals surface area contributed by atoms with Crippen LogP contribution in [0.2, 0.25) is 0 Å². The monoisotopic (exact) mass is 590 g/mol. The van der Waals surface area contributed by atoms with Gasteiger partial charge >= 0.3 is 47.6 Å². The average Bonchev–Trinajstić information content (AvgIpc) is 2.71. The third-order valence-corrected chi connectivity index (χ3v) is 5.78. The lowest BCUT2D eigenvalue weighted by Crippen LogP contribution is -2.74. The standard InChI is InChI=1S/C19H25F17N/c1-4-8-37(9-5-2,10-6-3)11-7-12(20,21)13(22,23)14(24,25)15(26,27)16(28,29)17(30,31)18(32,33)19(34,35)36/h4-11H2,1-3H3/q+1. The molecule has 0 atom stereocenters. The molecule has 0 unspecified atom stereocenters. The molecule has 0 bridgehead atoms. The number of hydrogen-bond acceptors (Lipinski definition) is 0. The molecule has 18 heteroatoms. The van der Waals surface area contributed by atoms with E-state index in [9.17, 15) is 74.6 Å². The van der Waals surface area contributed by atoms with Crippen LogP contribution in [-0.4, -0.2) is 78.3 Å². The molecule has 0 rings (SSSR count). The smallest absolute Gasteiger partial charge is 0.323 e. The van der Waals surface area contributed by atoms with E-state index in [1.165, 1.54) is 20.8 Å². The lowest BCUT2D eigenvalue weighted by atomic mass is 9.88. The summed E-state index contributed by atoms with van der Waals surface area (Å²) in [6, 6.07) is 0. The van der Waals surface area contributed by atoms with Crippen LogP contribution >= 0.6 is 0 Å². The van der Waals surface area contributed by atoms with E-state index in [4.69, 9.17) is 0 Å². The fourth-order valence-electron chi connectivity index (χ4n) is 3.82. The highest BCUT2D eigenvalue weighted by atomic mass is 19.4.